The molecular weight excluding hydrogens is 294 g/mol. The van der Waals surface area contributed by atoms with Gasteiger partial charge in [0.05, 0.1) is 12.6 Å². The van der Waals surface area contributed by atoms with Crippen molar-refractivity contribution < 1.29 is 14.6 Å². The number of anilines is 1. The molecule has 0 saturated carbocycles. The molecule has 0 aliphatic heterocycles. The van der Waals surface area contributed by atoms with E-state index in [2.05, 4.69) is 15.3 Å². The normalized spacial score (nSPS) is 11.9. The van der Waals surface area contributed by atoms with Crippen molar-refractivity contribution in [2.45, 2.75) is 6.04 Å². The maximum atomic E-state index is 11.6. The molecule has 2 N–H and O–H groups in total. The smallest absolute Gasteiger partial charge is 0.330 e. The Morgan fingerprint density at radius 1 is 1.17 bits per heavy atom. The number of carboxylic acids is 1. The standard InChI is InChI=1S/C17H15N3O3/c1-23-12-7-8-13-14(9-12)18-10-19-16(13)20-15(17(21)22)11-5-3-2-4-6-11/h2-10,15H,1H3,(H,21,22)(H,18,19,20). The van der Waals surface area contributed by atoms with E-state index in [1.54, 1.807) is 49.6 Å². The summed E-state index contributed by atoms with van der Waals surface area (Å²) in [5.41, 5.74) is 1.33. The Morgan fingerprint density at radius 3 is 2.65 bits per heavy atom. The molecule has 0 aliphatic rings. The highest BCUT2D eigenvalue weighted by Crippen LogP contribution is 2.26. The lowest BCUT2D eigenvalue weighted by atomic mass is 10.1. The SMILES string of the molecule is COc1ccc2c(NC(C(=O)O)c3ccccc3)ncnc2c1. The highest BCUT2D eigenvalue weighted by molar-refractivity contribution is 5.91. The van der Waals surface area contributed by atoms with E-state index in [1.807, 2.05) is 6.07 Å². The van der Waals surface area contributed by atoms with Crippen LogP contribution in [0, 0.1) is 0 Å². The van der Waals surface area contributed by atoms with Crippen LogP contribution in [0.1, 0.15) is 11.6 Å². The van der Waals surface area contributed by atoms with Gasteiger partial charge in [-0.3, -0.25) is 0 Å². The minimum atomic E-state index is -0.975. The third kappa shape index (κ3) is 3.06. The van der Waals surface area contributed by atoms with Crippen LogP contribution >= 0.6 is 0 Å². The molecule has 3 aromatic rings. The first-order valence-electron chi connectivity index (χ1n) is 7.02. The van der Waals surface area contributed by atoms with Crippen LogP contribution in [-0.2, 0) is 4.79 Å². The van der Waals surface area contributed by atoms with E-state index in [0.717, 1.165) is 5.39 Å². The summed E-state index contributed by atoms with van der Waals surface area (Å²) in [4.78, 5) is 20.0. The Kier molecular flexibility index (Phi) is 4.05. The van der Waals surface area contributed by atoms with Crippen LogP contribution in [0.25, 0.3) is 10.9 Å². The third-order valence-corrected chi connectivity index (χ3v) is 3.50. The highest BCUT2D eigenvalue weighted by atomic mass is 16.5. The number of fused-ring (bicyclic) bond motifs is 1. The van der Waals surface area contributed by atoms with E-state index >= 15 is 0 Å². The third-order valence-electron chi connectivity index (χ3n) is 3.50. The van der Waals surface area contributed by atoms with Gasteiger partial charge in [-0.15, -0.1) is 0 Å². The molecule has 3 rings (SSSR count). The number of nitrogens with zero attached hydrogens (tertiary/aromatic N) is 2. The molecular formula is C17H15N3O3. The predicted molar refractivity (Wildman–Crippen MR) is 86.5 cm³/mol. The molecule has 0 spiro atoms. The van der Waals surface area contributed by atoms with Crippen LogP contribution < -0.4 is 10.1 Å². The number of methoxy groups -OCH3 is 1. The van der Waals surface area contributed by atoms with Crippen molar-refractivity contribution in [1.82, 2.24) is 9.97 Å². The van der Waals surface area contributed by atoms with Crippen molar-refractivity contribution in [3.8, 4) is 5.75 Å². The minimum Gasteiger partial charge on any atom is -0.497 e. The Bertz CT molecular complexity index is 837. The van der Waals surface area contributed by atoms with Crippen molar-refractivity contribution in [3.05, 3.63) is 60.4 Å². The topological polar surface area (TPSA) is 84.3 Å². The fraction of sp³-hybridized carbons (Fsp3) is 0.118. The molecule has 2 aromatic carbocycles. The molecule has 23 heavy (non-hydrogen) atoms. The number of benzene rings is 2. The zero-order valence-corrected chi connectivity index (χ0v) is 12.4. The van der Waals surface area contributed by atoms with Crippen LogP contribution in [0.5, 0.6) is 5.75 Å². The second kappa shape index (κ2) is 6.31. The van der Waals surface area contributed by atoms with E-state index in [4.69, 9.17) is 4.74 Å². The molecule has 0 aliphatic carbocycles. The summed E-state index contributed by atoms with van der Waals surface area (Å²) >= 11 is 0. The lowest BCUT2D eigenvalue weighted by molar-refractivity contribution is -0.138. The first-order chi connectivity index (χ1) is 11.2. The van der Waals surface area contributed by atoms with Crippen molar-refractivity contribution >= 4 is 22.7 Å². The zero-order valence-electron chi connectivity index (χ0n) is 12.4. The molecule has 6 nitrogen and oxygen atoms in total. The molecule has 1 aromatic heterocycles. The number of ether oxygens (including phenoxy) is 1. The highest BCUT2D eigenvalue weighted by Gasteiger charge is 2.20. The summed E-state index contributed by atoms with van der Waals surface area (Å²) in [5.74, 6) is 0.172. The molecule has 6 heteroatoms. The first kappa shape index (κ1) is 14.8. The average molecular weight is 309 g/mol. The van der Waals surface area contributed by atoms with Gasteiger partial charge in [0.15, 0.2) is 6.04 Å². The molecule has 0 amide bonds. The van der Waals surface area contributed by atoms with Gasteiger partial charge in [0.2, 0.25) is 0 Å². The largest absolute Gasteiger partial charge is 0.497 e. The van der Waals surface area contributed by atoms with Crippen LogP contribution in [-0.4, -0.2) is 28.2 Å². The number of hydrogen-bond acceptors (Lipinski definition) is 5. The molecule has 1 atom stereocenters. The number of nitrogens with one attached hydrogen (secondary N) is 1. The summed E-state index contributed by atoms with van der Waals surface area (Å²) in [6, 6.07) is 13.4. The Hall–Kier alpha value is -3.15. The van der Waals surface area contributed by atoms with Gasteiger partial charge in [-0.25, -0.2) is 14.8 Å². The predicted octanol–water partition coefficient (Wildman–Crippen LogP) is 2.88. The fourth-order valence-corrected chi connectivity index (χ4v) is 2.35. The van der Waals surface area contributed by atoms with Crippen molar-refractivity contribution in [2.24, 2.45) is 0 Å². The van der Waals surface area contributed by atoms with Crippen molar-refractivity contribution in [2.75, 3.05) is 12.4 Å². The number of carbonyl (C=O) groups is 1. The van der Waals surface area contributed by atoms with Gasteiger partial charge in [0.1, 0.15) is 17.9 Å². The van der Waals surface area contributed by atoms with E-state index in [1.165, 1.54) is 6.33 Å². The Labute approximate surface area is 132 Å². The lowest BCUT2D eigenvalue weighted by Gasteiger charge is -2.16. The second-order valence-electron chi connectivity index (χ2n) is 4.93. The Morgan fingerprint density at radius 2 is 1.96 bits per heavy atom. The molecule has 0 fully saturated rings. The quantitative estimate of drug-likeness (QED) is 0.754. The number of carboxylic acid groups (broad SMARTS) is 1. The number of aromatic nitrogens is 2. The van der Waals surface area contributed by atoms with Crippen LogP contribution in [0.3, 0.4) is 0 Å². The monoisotopic (exact) mass is 309 g/mol. The average Bonchev–Trinajstić information content (AvgIpc) is 2.59. The Balaban J connectivity index is 2.01. The summed E-state index contributed by atoms with van der Waals surface area (Å²) in [6.45, 7) is 0. The minimum absolute atomic E-state index is 0.467. The summed E-state index contributed by atoms with van der Waals surface area (Å²) in [6.07, 6.45) is 1.40. The van der Waals surface area contributed by atoms with Crippen molar-refractivity contribution in [3.63, 3.8) is 0 Å². The van der Waals surface area contributed by atoms with Crippen molar-refractivity contribution in [1.29, 1.82) is 0 Å². The maximum Gasteiger partial charge on any atom is 0.330 e. The van der Waals surface area contributed by atoms with E-state index < -0.39 is 12.0 Å². The summed E-state index contributed by atoms with van der Waals surface area (Å²) in [5, 5.41) is 13.2. The number of aliphatic carboxylic acids is 1. The van der Waals surface area contributed by atoms with Gasteiger partial charge in [-0.05, 0) is 17.7 Å². The molecule has 0 radical (unpaired) electrons. The maximum absolute atomic E-state index is 11.6. The molecule has 0 saturated heterocycles. The van der Waals surface area contributed by atoms with E-state index in [-0.39, 0.29) is 0 Å². The van der Waals surface area contributed by atoms with Crippen LogP contribution in [0.2, 0.25) is 0 Å². The molecule has 116 valence electrons. The van der Waals surface area contributed by atoms with Gasteiger partial charge in [0.25, 0.3) is 0 Å². The van der Waals surface area contributed by atoms with Gasteiger partial charge in [0, 0.05) is 11.5 Å². The summed E-state index contributed by atoms with van der Waals surface area (Å²) in [7, 11) is 1.58. The van der Waals surface area contributed by atoms with E-state index in [0.29, 0.717) is 22.6 Å². The van der Waals surface area contributed by atoms with E-state index in [9.17, 15) is 9.90 Å². The number of hydrogen-bond donors (Lipinski definition) is 2. The van der Waals surface area contributed by atoms with Gasteiger partial charge in [-0.1, -0.05) is 30.3 Å². The summed E-state index contributed by atoms with van der Waals surface area (Å²) < 4.78 is 5.18. The van der Waals surface area contributed by atoms with Crippen LogP contribution in [0.15, 0.2) is 54.9 Å². The van der Waals surface area contributed by atoms with Gasteiger partial charge < -0.3 is 15.2 Å². The van der Waals surface area contributed by atoms with Crippen LogP contribution in [0.4, 0.5) is 5.82 Å². The zero-order chi connectivity index (χ0) is 16.2. The number of rotatable bonds is 5. The van der Waals surface area contributed by atoms with Gasteiger partial charge in [-0.2, -0.15) is 0 Å². The lowest BCUT2D eigenvalue weighted by Crippen LogP contribution is -2.21. The van der Waals surface area contributed by atoms with Gasteiger partial charge >= 0.3 is 5.97 Å². The molecule has 0 bridgehead atoms. The fourth-order valence-electron chi connectivity index (χ4n) is 2.35. The molecule has 1 heterocycles. The second-order valence-corrected chi connectivity index (χ2v) is 4.93. The molecule has 1 unspecified atom stereocenters. The first-order valence-corrected chi connectivity index (χ1v) is 7.02.